The van der Waals surface area contributed by atoms with Crippen molar-refractivity contribution < 1.29 is 9.32 Å². The van der Waals surface area contributed by atoms with Gasteiger partial charge in [-0.05, 0) is 62.8 Å². The summed E-state index contributed by atoms with van der Waals surface area (Å²) >= 11 is 0. The molecule has 0 aliphatic heterocycles. The van der Waals surface area contributed by atoms with Gasteiger partial charge in [0.05, 0.1) is 23.3 Å². The highest BCUT2D eigenvalue weighted by Crippen LogP contribution is 2.35. The average molecular weight is 569 g/mol. The Balaban J connectivity index is 0.00000353. The number of hydrogen-bond donors (Lipinski definition) is 2. The molecule has 0 bridgehead atoms. The molecule has 0 radical (unpaired) electrons. The van der Waals surface area contributed by atoms with Crippen molar-refractivity contribution >= 4 is 17.1 Å². The van der Waals surface area contributed by atoms with Crippen LogP contribution in [-0.4, -0.2) is 40.8 Å². The van der Waals surface area contributed by atoms with Crippen LogP contribution in [0.15, 0.2) is 41.2 Å². The first kappa shape index (κ1) is 29.2. The molecule has 10 nitrogen and oxygen atoms in total. The zero-order valence-corrected chi connectivity index (χ0v) is 24.4. The van der Waals surface area contributed by atoms with Crippen LogP contribution in [0.25, 0.3) is 33.7 Å². The van der Waals surface area contributed by atoms with Crippen LogP contribution in [0.4, 0.5) is 0 Å². The quantitative estimate of drug-likeness (QED) is 0.221. The standard InChI is InChI=1S/C31H36N8O2.CH4/c1-17(2)39-18(3)23(16-33-39)26-35-25-22(13-14-32-27(25)36-26)20-11-12-21-19(15-20)9-7-8-10-24(21)34-28(40)29-37-30(38-41-29)31(4,5)6;/h11-17,24H,7-10H2,1-6H3,(H,34,40)(H,32,35,36);1H4/t24-;/m0./s1. The summed E-state index contributed by atoms with van der Waals surface area (Å²) in [7, 11) is 0. The second-order valence-corrected chi connectivity index (χ2v) is 12.2. The first-order valence-electron chi connectivity index (χ1n) is 14.3. The Hall–Kier alpha value is -4.34. The lowest BCUT2D eigenvalue weighted by atomic mass is 9.94. The highest BCUT2D eigenvalue weighted by Gasteiger charge is 2.27. The molecule has 6 rings (SSSR count). The van der Waals surface area contributed by atoms with Crippen LogP contribution in [0.3, 0.4) is 0 Å². The third-order valence-corrected chi connectivity index (χ3v) is 7.80. The van der Waals surface area contributed by atoms with Crippen molar-refractivity contribution in [3.63, 3.8) is 0 Å². The number of H-pyrrole nitrogens is 1. The molecule has 2 N–H and O–H groups in total. The topological polar surface area (TPSA) is 127 Å². The maximum Gasteiger partial charge on any atom is 0.315 e. The third kappa shape index (κ3) is 5.33. The van der Waals surface area contributed by atoms with Gasteiger partial charge in [-0.2, -0.15) is 10.1 Å². The number of nitrogens with one attached hydrogen (secondary N) is 2. The Bertz CT molecular complexity index is 1740. The van der Waals surface area contributed by atoms with Crippen LogP contribution in [0.2, 0.25) is 0 Å². The summed E-state index contributed by atoms with van der Waals surface area (Å²) in [6, 6.07) is 8.65. The summed E-state index contributed by atoms with van der Waals surface area (Å²) in [6.07, 6.45) is 7.53. The van der Waals surface area contributed by atoms with E-state index in [1.807, 2.05) is 37.7 Å². The van der Waals surface area contributed by atoms with Crippen molar-refractivity contribution in [1.82, 2.24) is 40.2 Å². The van der Waals surface area contributed by atoms with E-state index in [1.54, 1.807) is 6.20 Å². The average Bonchev–Trinajstić information content (AvgIpc) is 3.65. The minimum Gasteiger partial charge on any atom is -0.341 e. The lowest BCUT2D eigenvalue weighted by molar-refractivity contribution is 0.0890. The van der Waals surface area contributed by atoms with E-state index in [1.165, 1.54) is 5.56 Å². The highest BCUT2D eigenvalue weighted by atomic mass is 16.5. The van der Waals surface area contributed by atoms with Gasteiger partial charge in [-0.15, -0.1) is 0 Å². The zero-order valence-electron chi connectivity index (χ0n) is 24.4. The smallest absolute Gasteiger partial charge is 0.315 e. The molecule has 42 heavy (non-hydrogen) atoms. The number of pyridine rings is 1. The Morgan fingerprint density at radius 1 is 1.14 bits per heavy atom. The number of carbonyl (C=O) groups excluding carboxylic acids is 1. The van der Waals surface area contributed by atoms with Crippen molar-refractivity contribution in [2.24, 2.45) is 0 Å². The van der Waals surface area contributed by atoms with Gasteiger partial charge in [0.25, 0.3) is 0 Å². The number of rotatable bonds is 5. The predicted molar refractivity (Wildman–Crippen MR) is 163 cm³/mol. The number of aromatic amines is 1. The molecular formula is C32H40N8O2. The van der Waals surface area contributed by atoms with Crippen molar-refractivity contribution in [3.8, 4) is 22.5 Å². The van der Waals surface area contributed by atoms with E-state index in [0.29, 0.717) is 11.5 Å². The van der Waals surface area contributed by atoms with Crippen LogP contribution >= 0.6 is 0 Å². The number of benzene rings is 1. The first-order valence-corrected chi connectivity index (χ1v) is 14.3. The zero-order chi connectivity index (χ0) is 28.9. The molecule has 0 fully saturated rings. The molecule has 4 heterocycles. The molecule has 1 amide bonds. The van der Waals surface area contributed by atoms with Gasteiger partial charge in [-0.1, -0.05) is 58.0 Å². The molecule has 220 valence electrons. The number of aryl methyl sites for hydroxylation is 1. The Labute approximate surface area is 246 Å². The maximum atomic E-state index is 13.1. The second kappa shape index (κ2) is 11.2. The number of amides is 1. The fourth-order valence-corrected chi connectivity index (χ4v) is 5.60. The number of aromatic nitrogens is 7. The summed E-state index contributed by atoms with van der Waals surface area (Å²) in [5.41, 5.74) is 7.78. The number of nitrogens with zero attached hydrogens (tertiary/aromatic N) is 6. The van der Waals surface area contributed by atoms with Crippen LogP contribution in [-0.2, 0) is 11.8 Å². The Morgan fingerprint density at radius 2 is 1.95 bits per heavy atom. The molecule has 0 saturated carbocycles. The van der Waals surface area contributed by atoms with Gasteiger partial charge in [0.2, 0.25) is 0 Å². The van der Waals surface area contributed by atoms with Gasteiger partial charge in [0, 0.05) is 28.9 Å². The minimum absolute atomic E-state index is 0. The van der Waals surface area contributed by atoms with E-state index in [2.05, 4.69) is 69.5 Å². The van der Waals surface area contributed by atoms with Gasteiger partial charge >= 0.3 is 11.8 Å². The number of imidazole rings is 1. The molecule has 1 aliphatic rings. The molecule has 1 aliphatic carbocycles. The van der Waals surface area contributed by atoms with E-state index in [4.69, 9.17) is 9.51 Å². The summed E-state index contributed by atoms with van der Waals surface area (Å²) in [6.45, 7) is 12.3. The molecular weight excluding hydrogens is 528 g/mol. The summed E-state index contributed by atoms with van der Waals surface area (Å²) in [4.78, 5) is 30.3. The van der Waals surface area contributed by atoms with E-state index < -0.39 is 0 Å². The normalized spacial score (nSPS) is 15.4. The van der Waals surface area contributed by atoms with Gasteiger partial charge in [-0.25, -0.2) is 9.97 Å². The van der Waals surface area contributed by atoms with Gasteiger partial charge < -0.3 is 14.8 Å². The molecule has 1 aromatic carbocycles. The largest absolute Gasteiger partial charge is 0.341 e. The van der Waals surface area contributed by atoms with Crippen LogP contribution < -0.4 is 5.32 Å². The predicted octanol–water partition coefficient (Wildman–Crippen LogP) is 6.89. The molecule has 4 aromatic heterocycles. The monoisotopic (exact) mass is 568 g/mol. The molecule has 0 spiro atoms. The van der Waals surface area contributed by atoms with E-state index >= 15 is 0 Å². The first-order chi connectivity index (χ1) is 19.6. The van der Waals surface area contributed by atoms with Crippen LogP contribution in [0, 0.1) is 6.92 Å². The highest BCUT2D eigenvalue weighted by molar-refractivity contribution is 5.92. The Kier molecular flexibility index (Phi) is 7.74. The lowest BCUT2D eigenvalue weighted by Gasteiger charge is -2.19. The van der Waals surface area contributed by atoms with Gasteiger partial charge in [0.1, 0.15) is 5.82 Å². The van der Waals surface area contributed by atoms with Gasteiger partial charge in [-0.3, -0.25) is 9.48 Å². The van der Waals surface area contributed by atoms with E-state index in [-0.39, 0.29) is 36.7 Å². The summed E-state index contributed by atoms with van der Waals surface area (Å²) in [5, 5.41) is 11.7. The van der Waals surface area contributed by atoms with E-state index in [0.717, 1.165) is 65.0 Å². The lowest BCUT2D eigenvalue weighted by Crippen LogP contribution is -2.29. The third-order valence-electron chi connectivity index (χ3n) is 7.80. The number of fused-ring (bicyclic) bond motifs is 2. The summed E-state index contributed by atoms with van der Waals surface area (Å²) in [5.74, 6) is 0.938. The van der Waals surface area contributed by atoms with Crippen molar-refractivity contribution in [2.45, 2.75) is 92.2 Å². The van der Waals surface area contributed by atoms with Crippen molar-refractivity contribution in [1.29, 1.82) is 0 Å². The van der Waals surface area contributed by atoms with Crippen molar-refractivity contribution in [2.75, 3.05) is 0 Å². The Morgan fingerprint density at radius 3 is 2.67 bits per heavy atom. The molecule has 0 unspecified atom stereocenters. The van der Waals surface area contributed by atoms with Crippen LogP contribution in [0.1, 0.15) is 107 Å². The molecule has 0 saturated heterocycles. The number of carbonyl (C=O) groups is 1. The molecule has 5 aromatic rings. The SMILES string of the molecule is C.Cc1c(-c2nc3nccc(-c4ccc5c(c4)CCCC[C@@H]5NC(=O)c4nc(C(C)(C)C)no4)c3[nH]2)cnn1C(C)C. The molecule has 10 heteroatoms. The number of hydrogen-bond acceptors (Lipinski definition) is 7. The molecule has 1 atom stereocenters. The van der Waals surface area contributed by atoms with Gasteiger partial charge in [0.15, 0.2) is 11.5 Å². The van der Waals surface area contributed by atoms with Crippen molar-refractivity contribution in [3.05, 3.63) is 65.2 Å². The fraction of sp³-hybridized carbons (Fsp3) is 0.438. The van der Waals surface area contributed by atoms with Crippen LogP contribution in [0.5, 0.6) is 0 Å². The minimum atomic E-state index is -0.341. The second-order valence-electron chi connectivity index (χ2n) is 12.2. The van der Waals surface area contributed by atoms with E-state index in [9.17, 15) is 4.79 Å². The summed E-state index contributed by atoms with van der Waals surface area (Å²) < 4.78 is 7.29. The maximum absolute atomic E-state index is 13.1. The fourth-order valence-electron chi connectivity index (χ4n) is 5.60.